The number of piperazine rings is 1. The Morgan fingerprint density at radius 1 is 1.41 bits per heavy atom. The zero-order valence-corrected chi connectivity index (χ0v) is 16.6. The van der Waals surface area contributed by atoms with Crippen molar-refractivity contribution in [3.63, 3.8) is 0 Å². The van der Waals surface area contributed by atoms with Gasteiger partial charge in [0.15, 0.2) is 0 Å². The normalized spacial score (nSPS) is 17.5. The van der Waals surface area contributed by atoms with E-state index in [-0.39, 0.29) is 30.7 Å². The molecular formula is C19H26ClN3O4. The number of ether oxygens (including phenoxy) is 1. The fourth-order valence-corrected chi connectivity index (χ4v) is 2.89. The number of hydrogen-bond donors (Lipinski definition) is 2. The van der Waals surface area contributed by atoms with Crippen LogP contribution in [-0.4, -0.2) is 55.0 Å². The average Bonchev–Trinajstić information content (AvgIpc) is 2.59. The number of nitrogens with zero attached hydrogens (tertiary/aromatic N) is 1. The Bertz CT molecular complexity index is 708. The summed E-state index contributed by atoms with van der Waals surface area (Å²) >= 11 is 6.07. The van der Waals surface area contributed by atoms with Crippen LogP contribution in [0.4, 0.5) is 5.69 Å². The van der Waals surface area contributed by atoms with Crippen molar-refractivity contribution in [1.29, 1.82) is 0 Å². The number of esters is 1. The molecule has 0 aliphatic carbocycles. The highest BCUT2D eigenvalue weighted by atomic mass is 35.5. The monoisotopic (exact) mass is 395 g/mol. The molecule has 0 aromatic heterocycles. The molecule has 1 saturated heterocycles. The highest BCUT2D eigenvalue weighted by molar-refractivity contribution is 6.31. The van der Waals surface area contributed by atoms with E-state index in [1.165, 1.54) is 0 Å². The van der Waals surface area contributed by atoms with Crippen molar-refractivity contribution < 1.29 is 19.1 Å². The first-order valence-corrected chi connectivity index (χ1v) is 9.37. The number of rotatable bonds is 7. The lowest BCUT2D eigenvalue weighted by molar-refractivity contribution is -0.149. The van der Waals surface area contributed by atoms with Gasteiger partial charge in [0.1, 0.15) is 6.04 Å². The zero-order valence-electron chi connectivity index (χ0n) is 15.9. The number of amides is 2. The van der Waals surface area contributed by atoms with Gasteiger partial charge in [-0.3, -0.25) is 19.3 Å². The second-order valence-electron chi connectivity index (χ2n) is 7.07. The zero-order chi connectivity index (χ0) is 20.0. The fraction of sp³-hybridized carbons (Fsp3) is 0.526. The maximum Gasteiger partial charge on any atom is 0.307 e. The number of carbonyl (C=O) groups is 3. The van der Waals surface area contributed by atoms with Crippen molar-refractivity contribution in [2.75, 3.05) is 31.6 Å². The standard InChI is InChI=1S/C19H26ClN3O4/c1-12(2)11-27-18(25)9-16-19(26)21-6-7-23(16)10-17(24)22-14-5-4-13(3)15(20)8-14/h4-5,8,12,16H,6-7,9-11H2,1-3H3,(H,21,26)(H,22,24). The fourth-order valence-electron chi connectivity index (χ4n) is 2.71. The van der Waals surface area contributed by atoms with Gasteiger partial charge in [0.05, 0.1) is 19.6 Å². The van der Waals surface area contributed by atoms with E-state index in [4.69, 9.17) is 16.3 Å². The smallest absolute Gasteiger partial charge is 0.307 e. The van der Waals surface area contributed by atoms with E-state index in [1.807, 2.05) is 26.8 Å². The van der Waals surface area contributed by atoms with E-state index in [1.54, 1.807) is 17.0 Å². The first-order valence-electron chi connectivity index (χ1n) is 8.99. The number of nitrogens with one attached hydrogen (secondary N) is 2. The average molecular weight is 396 g/mol. The van der Waals surface area contributed by atoms with Gasteiger partial charge in [0.25, 0.3) is 0 Å². The van der Waals surface area contributed by atoms with Crippen molar-refractivity contribution >= 4 is 35.1 Å². The lowest BCUT2D eigenvalue weighted by Gasteiger charge is -2.33. The maximum atomic E-state index is 12.4. The lowest BCUT2D eigenvalue weighted by atomic mass is 10.1. The predicted molar refractivity (Wildman–Crippen MR) is 104 cm³/mol. The van der Waals surface area contributed by atoms with Gasteiger partial charge in [0.2, 0.25) is 11.8 Å². The van der Waals surface area contributed by atoms with E-state index in [9.17, 15) is 14.4 Å². The number of halogens is 1. The Balaban J connectivity index is 1.96. The van der Waals surface area contributed by atoms with Gasteiger partial charge in [-0.05, 0) is 30.5 Å². The molecule has 0 radical (unpaired) electrons. The minimum atomic E-state index is -0.717. The van der Waals surface area contributed by atoms with Gasteiger partial charge >= 0.3 is 5.97 Å². The third-order valence-corrected chi connectivity index (χ3v) is 4.59. The van der Waals surface area contributed by atoms with Crippen molar-refractivity contribution in [3.05, 3.63) is 28.8 Å². The van der Waals surface area contributed by atoms with Crippen molar-refractivity contribution in [3.8, 4) is 0 Å². The summed E-state index contributed by atoms with van der Waals surface area (Å²) in [6.45, 7) is 6.98. The largest absolute Gasteiger partial charge is 0.465 e. The van der Waals surface area contributed by atoms with E-state index in [0.717, 1.165) is 5.56 Å². The number of aryl methyl sites for hydroxylation is 1. The molecule has 0 saturated carbocycles. The van der Waals surface area contributed by atoms with E-state index in [2.05, 4.69) is 10.6 Å². The second-order valence-corrected chi connectivity index (χ2v) is 7.48. The van der Waals surface area contributed by atoms with Gasteiger partial charge in [-0.1, -0.05) is 31.5 Å². The Morgan fingerprint density at radius 2 is 2.15 bits per heavy atom. The van der Waals surface area contributed by atoms with Gasteiger partial charge < -0.3 is 15.4 Å². The summed E-state index contributed by atoms with van der Waals surface area (Å²) in [6, 6.07) is 4.55. The molecule has 1 aromatic rings. The van der Waals surface area contributed by atoms with Crippen LogP contribution in [0.25, 0.3) is 0 Å². The molecule has 2 rings (SSSR count). The van der Waals surface area contributed by atoms with E-state index in [0.29, 0.717) is 30.4 Å². The number of hydrogen-bond acceptors (Lipinski definition) is 5. The first-order chi connectivity index (χ1) is 12.8. The molecule has 0 spiro atoms. The summed E-state index contributed by atoms with van der Waals surface area (Å²) in [5.41, 5.74) is 1.51. The second kappa shape index (κ2) is 9.71. The Kier molecular flexibility index (Phi) is 7.62. The minimum absolute atomic E-state index is 0.00103. The van der Waals surface area contributed by atoms with Crippen molar-refractivity contribution in [1.82, 2.24) is 10.2 Å². The molecule has 1 atom stereocenters. The Hall–Kier alpha value is -2.12. The molecule has 2 N–H and O–H groups in total. The molecule has 1 heterocycles. The van der Waals surface area contributed by atoms with E-state index >= 15 is 0 Å². The highest BCUT2D eigenvalue weighted by Crippen LogP contribution is 2.20. The van der Waals surface area contributed by atoms with Crippen LogP contribution >= 0.6 is 11.6 Å². The molecule has 148 valence electrons. The van der Waals surface area contributed by atoms with Crippen molar-refractivity contribution in [2.45, 2.75) is 33.2 Å². The number of anilines is 1. The molecule has 7 nitrogen and oxygen atoms in total. The van der Waals surface area contributed by atoms with Crippen molar-refractivity contribution in [2.24, 2.45) is 5.92 Å². The molecule has 1 aliphatic rings. The quantitative estimate of drug-likeness (QED) is 0.689. The molecular weight excluding hydrogens is 370 g/mol. The van der Waals surface area contributed by atoms with E-state index < -0.39 is 12.0 Å². The Morgan fingerprint density at radius 3 is 2.81 bits per heavy atom. The molecule has 1 aromatic carbocycles. The van der Waals surface area contributed by atoms with Gasteiger partial charge in [-0.2, -0.15) is 0 Å². The van der Waals surface area contributed by atoms with Gasteiger partial charge in [0, 0.05) is 23.8 Å². The molecule has 0 bridgehead atoms. The van der Waals surface area contributed by atoms with Crippen LogP contribution in [0, 0.1) is 12.8 Å². The summed E-state index contributed by atoms with van der Waals surface area (Å²) in [6.07, 6.45) is -0.0812. The van der Waals surface area contributed by atoms with Gasteiger partial charge in [-0.25, -0.2) is 0 Å². The van der Waals surface area contributed by atoms with Crippen LogP contribution in [0.15, 0.2) is 18.2 Å². The molecule has 8 heteroatoms. The summed E-state index contributed by atoms with van der Waals surface area (Å²) in [7, 11) is 0. The summed E-state index contributed by atoms with van der Waals surface area (Å²) in [4.78, 5) is 38.3. The van der Waals surface area contributed by atoms with Crippen LogP contribution in [0.3, 0.4) is 0 Å². The molecule has 27 heavy (non-hydrogen) atoms. The summed E-state index contributed by atoms with van der Waals surface area (Å²) in [5, 5.41) is 6.07. The van der Waals surface area contributed by atoms with Crippen LogP contribution in [0.2, 0.25) is 5.02 Å². The highest BCUT2D eigenvalue weighted by Gasteiger charge is 2.33. The molecule has 1 aliphatic heterocycles. The van der Waals surface area contributed by atoms with Gasteiger partial charge in [-0.15, -0.1) is 0 Å². The predicted octanol–water partition coefficient (Wildman–Crippen LogP) is 1.98. The topological polar surface area (TPSA) is 87.7 Å². The van der Waals surface area contributed by atoms with Crippen LogP contribution < -0.4 is 10.6 Å². The Labute approximate surface area is 164 Å². The van der Waals surface area contributed by atoms with Crippen LogP contribution in [0.1, 0.15) is 25.8 Å². The van der Waals surface area contributed by atoms with Crippen LogP contribution in [-0.2, 0) is 19.1 Å². The number of benzene rings is 1. The summed E-state index contributed by atoms with van der Waals surface area (Å²) < 4.78 is 5.17. The molecule has 2 amide bonds. The molecule has 1 unspecified atom stereocenters. The summed E-state index contributed by atoms with van der Waals surface area (Å²) in [5.74, 6) is -0.766. The SMILES string of the molecule is Cc1ccc(NC(=O)CN2CCNC(=O)C2CC(=O)OCC(C)C)cc1Cl. The third kappa shape index (κ3) is 6.52. The maximum absolute atomic E-state index is 12.4. The third-order valence-electron chi connectivity index (χ3n) is 4.18. The first kappa shape index (κ1) is 21.2. The number of carbonyl (C=O) groups excluding carboxylic acids is 3. The minimum Gasteiger partial charge on any atom is -0.465 e. The molecule has 1 fully saturated rings. The lowest BCUT2D eigenvalue weighted by Crippen LogP contribution is -2.57. The van der Waals surface area contributed by atoms with Crippen LogP contribution in [0.5, 0.6) is 0 Å².